The van der Waals surface area contributed by atoms with E-state index in [4.69, 9.17) is 17.3 Å². The summed E-state index contributed by atoms with van der Waals surface area (Å²) in [5.74, 6) is 0. The monoisotopic (exact) mass is 225 g/mol. The highest BCUT2D eigenvalue weighted by Gasteiger charge is 2.27. The Morgan fingerprint density at radius 3 is 2.87 bits per heavy atom. The molecule has 1 fully saturated rings. The Hall–Kier alpha value is -1.26. The second-order valence-corrected chi connectivity index (χ2v) is 3.96. The molecule has 0 atom stereocenters. The molecule has 5 heteroatoms. The summed E-state index contributed by atoms with van der Waals surface area (Å²) < 4.78 is 0. The van der Waals surface area contributed by atoms with Crippen LogP contribution in [-0.2, 0) is 0 Å². The molecule has 1 aromatic heterocycles. The summed E-state index contributed by atoms with van der Waals surface area (Å²) in [7, 11) is 0. The molecule has 1 aliphatic heterocycles. The van der Waals surface area contributed by atoms with Crippen LogP contribution in [0.3, 0.4) is 0 Å². The zero-order valence-electron chi connectivity index (χ0n) is 8.15. The first kappa shape index (κ1) is 10.3. The van der Waals surface area contributed by atoms with Crippen LogP contribution in [0.2, 0.25) is 5.15 Å². The first-order valence-electron chi connectivity index (χ1n) is 4.62. The second kappa shape index (κ2) is 3.72. The molecule has 0 saturated carbocycles. The van der Waals surface area contributed by atoms with Gasteiger partial charge in [-0.15, -0.1) is 0 Å². The largest absolute Gasteiger partial charge is 0.397 e. The van der Waals surface area contributed by atoms with Crippen LogP contribution in [0.4, 0.5) is 5.69 Å². The summed E-state index contributed by atoms with van der Waals surface area (Å²) in [5, 5.41) is 9.57. The summed E-state index contributed by atoms with van der Waals surface area (Å²) in [4.78, 5) is 6.03. The Labute approximate surface area is 93.0 Å². The van der Waals surface area contributed by atoms with Crippen molar-refractivity contribution in [2.45, 2.75) is 6.10 Å². The van der Waals surface area contributed by atoms with Crippen molar-refractivity contribution in [2.24, 2.45) is 0 Å². The number of anilines is 1. The van der Waals surface area contributed by atoms with E-state index in [1.54, 1.807) is 12.1 Å². The molecule has 1 saturated heterocycles. The van der Waals surface area contributed by atoms with Crippen molar-refractivity contribution < 1.29 is 5.11 Å². The van der Waals surface area contributed by atoms with E-state index >= 15 is 0 Å². The predicted molar refractivity (Wildman–Crippen MR) is 60.3 cm³/mol. The molecule has 80 valence electrons. The molecule has 1 aliphatic rings. The van der Waals surface area contributed by atoms with Gasteiger partial charge in [-0.2, -0.15) is 0 Å². The van der Waals surface area contributed by atoms with Crippen molar-refractivity contribution in [3.05, 3.63) is 29.6 Å². The number of halogens is 1. The van der Waals surface area contributed by atoms with Gasteiger partial charge in [-0.1, -0.05) is 18.2 Å². The Balaban J connectivity index is 2.22. The van der Waals surface area contributed by atoms with Gasteiger partial charge >= 0.3 is 0 Å². The minimum atomic E-state index is -0.276. The second-order valence-electron chi connectivity index (χ2n) is 3.58. The quantitative estimate of drug-likeness (QED) is 0.737. The highest BCUT2D eigenvalue weighted by molar-refractivity contribution is 6.29. The van der Waals surface area contributed by atoms with Gasteiger partial charge in [0.15, 0.2) is 0 Å². The zero-order chi connectivity index (χ0) is 11.0. The van der Waals surface area contributed by atoms with E-state index in [0.29, 0.717) is 35.3 Å². The van der Waals surface area contributed by atoms with Crippen molar-refractivity contribution >= 4 is 23.0 Å². The highest BCUT2D eigenvalue weighted by atomic mass is 35.5. The van der Waals surface area contributed by atoms with Crippen LogP contribution >= 0.6 is 11.6 Å². The Morgan fingerprint density at radius 1 is 1.60 bits per heavy atom. The smallest absolute Gasteiger partial charge is 0.129 e. The fourth-order valence-electron chi connectivity index (χ4n) is 1.50. The van der Waals surface area contributed by atoms with Crippen molar-refractivity contribution in [3.63, 3.8) is 0 Å². The van der Waals surface area contributed by atoms with Gasteiger partial charge in [0.05, 0.1) is 17.5 Å². The summed E-state index contributed by atoms with van der Waals surface area (Å²) >= 11 is 5.78. The lowest BCUT2D eigenvalue weighted by Gasteiger charge is -2.38. The number of β-amino-alcohol motifs (C(OH)–C–C–N with tert-alkyl or cyclic N) is 1. The molecule has 4 nitrogen and oxygen atoms in total. The predicted octanol–water partition coefficient (Wildman–Crippen LogP) is 0.964. The Bertz CT molecular complexity index is 402. The van der Waals surface area contributed by atoms with E-state index in [2.05, 4.69) is 11.6 Å². The average Bonchev–Trinajstić information content (AvgIpc) is 2.16. The maximum atomic E-state index is 9.18. The standard InChI is InChI=1S/C10H12ClN3O/c1-6(14-4-7(15)5-14)10-8(12)2-3-9(11)13-10/h2-3,7,15H,1,4-5,12H2. The number of nitrogen functional groups attached to an aromatic ring is 1. The third kappa shape index (κ3) is 1.91. The number of aliphatic hydroxyl groups is 1. The Morgan fingerprint density at radius 2 is 2.27 bits per heavy atom. The van der Waals surface area contributed by atoms with Crippen molar-refractivity contribution in [1.82, 2.24) is 9.88 Å². The lowest BCUT2D eigenvalue weighted by molar-refractivity contribution is 0.0402. The van der Waals surface area contributed by atoms with Crippen LogP contribution in [0.25, 0.3) is 5.70 Å². The molecular weight excluding hydrogens is 214 g/mol. The minimum absolute atomic E-state index is 0.276. The molecule has 0 bridgehead atoms. The molecule has 1 aromatic rings. The van der Waals surface area contributed by atoms with Gasteiger partial charge in [-0.3, -0.25) is 0 Å². The van der Waals surface area contributed by atoms with E-state index in [9.17, 15) is 5.11 Å². The molecule has 3 N–H and O–H groups in total. The topological polar surface area (TPSA) is 62.4 Å². The third-order valence-corrected chi connectivity index (χ3v) is 2.62. The molecule has 0 spiro atoms. The number of pyridine rings is 1. The van der Waals surface area contributed by atoms with Gasteiger partial charge in [0.2, 0.25) is 0 Å². The van der Waals surface area contributed by atoms with E-state index in [0.717, 1.165) is 0 Å². The number of nitrogens with zero attached hydrogens (tertiary/aromatic N) is 2. The molecule has 2 rings (SSSR count). The lowest BCUT2D eigenvalue weighted by Crippen LogP contribution is -2.49. The normalized spacial score (nSPS) is 16.3. The van der Waals surface area contributed by atoms with E-state index in [1.807, 2.05) is 4.90 Å². The molecule has 15 heavy (non-hydrogen) atoms. The number of hydrogen-bond donors (Lipinski definition) is 2. The molecule has 2 heterocycles. The maximum absolute atomic E-state index is 9.18. The van der Waals surface area contributed by atoms with E-state index < -0.39 is 0 Å². The van der Waals surface area contributed by atoms with Gasteiger partial charge in [0.1, 0.15) is 10.8 Å². The molecule has 0 radical (unpaired) electrons. The van der Waals surface area contributed by atoms with Crippen LogP contribution in [0.1, 0.15) is 5.69 Å². The number of rotatable bonds is 2. The van der Waals surface area contributed by atoms with Crippen LogP contribution in [0.15, 0.2) is 18.7 Å². The molecule has 0 amide bonds. The van der Waals surface area contributed by atoms with Crippen LogP contribution in [0, 0.1) is 0 Å². The summed E-state index contributed by atoms with van der Waals surface area (Å²) in [6.07, 6.45) is -0.276. The third-order valence-electron chi connectivity index (χ3n) is 2.41. The average molecular weight is 226 g/mol. The van der Waals surface area contributed by atoms with Crippen LogP contribution in [0.5, 0.6) is 0 Å². The van der Waals surface area contributed by atoms with E-state index in [-0.39, 0.29) is 6.10 Å². The summed E-state index contributed by atoms with van der Waals surface area (Å²) in [6, 6.07) is 3.34. The first-order valence-corrected chi connectivity index (χ1v) is 5.00. The summed E-state index contributed by atoms with van der Waals surface area (Å²) in [6.45, 7) is 5.05. The fourth-order valence-corrected chi connectivity index (χ4v) is 1.65. The number of aliphatic hydroxyl groups excluding tert-OH is 1. The molecule has 0 aromatic carbocycles. The first-order chi connectivity index (χ1) is 7.08. The molecular formula is C10H12ClN3O. The van der Waals surface area contributed by atoms with Crippen LogP contribution < -0.4 is 5.73 Å². The van der Waals surface area contributed by atoms with Crippen molar-refractivity contribution in [2.75, 3.05) is 18.8 Å². The highest BCUT2D eigenvalue weighted by Crippen LogP contribution is 2.26. The molecule has 0 unspecified atom stereocenters. The van der Waals surface area contributed by atoms with Gasteiger partial charge < -0.3 is 15.7 Å². The maximum Gasteiger partial charge on any atom is 0.129 e. The van der Waals surface area contributed by atoms with Crippen molar-refractivity contribution in [3.8, 4) is 0 Å². The van der Waals surface area contributed by atoms with Gasteiger partial charge in [0, 0.05) is 13.1 Å². The van der Waals surface area contributed by atoms with Crippen molar-refractivity contribution in [1.29, 1.82) is 0 Å². The van der Waals surface area contributed by atoms with Gasteiger partial charge in [0.25, 0.3) is 0 Å². The SMILES string of the molecule is C=C(c1nc(Cl)ccc1N)N1CC(O)C1. The van der Waals surface area contributed by atoms with Gasteiger partial charge in [-0.05, 0) is 12.1 Å². The minimum Gasteiger partial charge on any atom is -0.397 e. The van der Waals surface area contributed by atoms with Crippen LogP contribution in [-0.4, -0.2) is 34.2 Å². The lowest BCUT2D eigenvalue weighted by atomic mass is 10.1. The number of likely N-dealkylation sites (tertiary alicyclic amines) is 1. The number of nitrogens with two attached hydrogens (primary N) is 1. The van der Waals surface area contributed by atoms with E-state index in [1.165, 1.54) is 0 Å². The Kier molecular flexibility index (Phi) is 2.54. The number of hydrogen-bond acceptors (Lipinski definition) is 4. The fraction of sp³-hybridized carbons (Fsp3) is 0.300. The number of aromatic nitrogens is 1. The zero-order valence-corrected chi connectivity index (χ0v) is 8.91. The van der Waals surface area contributed by atoms with Gasteiger partial charge in [-0.25, -0.2) is 4.98 Å². The summed E-state index contributed by atoms with van der Waals surface area (Å²) in [5.41, 5.74) is 7.62. The molecule has 0 aliphatic carbocycles.